The van der Waals surface area contributed by atoms with Gasteiger partial charge in [0.15, 0.2) is 5.82 Å². The van der Waals surface area contributed by atoms with Crippen molar-refractivity contribution in [2.45, 2.75) is 33.1 Å². The van der Waals surface area contributed by atoms with Gasteiger partial charge in [-0.25, -0.2) is 9.50 Å². The molecule has 9 nitrogen and oxygen atoms in total. The number of fused-ring (bicyclic) bond motifs is 2. The minimum Gasteiger partial charge on any atom is -0.354 e. The number of carbonyl (C=O) groups excluding carboxylic acids is 1. The van der Waals surface area contributed by atoms with Crippen LogP contribution in [0.5, 0.6) is 0 Å². The Bertz CT molecular complexity index is 1070. The number of hydrogen-bond donors (Lipinski definition) is 1. The summed E-state index contributed by atoms with van der Waals surface area (Å²) in [4.78, 5) is 23.2. The second-order valence-electron chi connectivity index (χ2n) is 7.70. The van der Waals surface area contributed by atoms with Crippen LogP contribution < -0.4 is 10.2 Å². The first-order valence-corrected chi connectivity index (χ1v) is 9.66. The highest BCUT2D eigenvalue weighted by Crippen LogP contribution is 2.26. The average molecular weight is 378 g/mol. The van der Waals surface area contributed by atoms with Crippen LogP contribution in [0.15, 0.2) is 12.1 Å². The highest BCUT2D eigenvalue weighted by atomic mass is 16.2. The molecule has 1 N–H and O–H groups in total. The lowest BCUT2D eigenvalue weighted by Crippen LogP contribution is -2.52. The van der Waals surface area contributed by atoms with Crippen LogP contribution in [-0.4, -0.2) is 55.3 Å². The monoisotopic (exact) mass is 378 g/mol. The second-order valence-corrected chi connectivity index (χ2v) is 7.70. The third-order valence-electron chi connectivity index (χ3n) is 5.46. The quantitative estimate of drug-likeness (QED) is 0.719. The molecule has 9 heteroatoms. The first-order valence-electron chi connectivity index (χ1n) is 9.66. The van der Waals surface area contributed by atoms with E-state index in [2.05, 4.69) is 41.5 Å². The maximum Gasteiger partial charge on any atom is 0.291 e. The number of aromatic nitrogens is 6. The molecule has 1 saturated heterocycles. The van der Waals surface area contributed by atoms with Crippen LogP contribution >= 0.6 is 0 Å². The number of rotatable bonds is 4. The van der Waals surface area contributed by atoms with Gasteiger partial charge in [0.25, 0.3) is 11.7 Å². The Hall–Kier alpha value is -3.10. The molecule has 1 fully saturated rings. The fraction of sp³-hybridized carbons (Fsp3) is 0.474. The molecule has 0 bridgehead atoms. The maximum atomic E-state index is 12.4. The van der Waals surface area contributed by atoms with Crippen molar-refractivity contribution >= 4 is 17.5 Å². The van der Waals surface area contributed by atoms with Crippen molar-refractivity contribution in [3.63, 3.8) is 0 Å². The predicted octanol–water partition coefficient (Wildman–Crippen LogP) is 0.886. The standard InChI is InChI=1S/C19H22N8O/c1-11-6-12(2)27-19(21-11)22-17(25-27)18(28)20-8-13-9-26(10-13)16-7-14-4-3-5-15(14)23-24-16/h6-7,13H,3-5,8-10H2,1-2H3,(H,20,28). The summed E-state index contributed by atoms with van der Waals surface area (Å²) in [7, 11) is 0. The first-order chi connectivity index (χ1) is 13.6. The van der Waals surface area contributed by atoms with E-state index in [-0.39, 0.29) is 11.7 Å². The number of hydrogen-bond acceptors (Lipinski definition) is 7. The van der Waals surface area contributed by atoms with Crippen molar-refractivity contribution < 1.29 is 4.79 Å². The third-order valence-corrected chi connectivity index (χ3v) is 5.46. The van der Waals surface area contributed by atoms with Crippen LogP contribution in [0.3, 0.4) is 0 Å². The Labute approximate surface area is 162 Å². The molecule has 0 spiro atoms. The molecule has 3 aromatic rings. The van der Waals surface area contributed by atoms with E-state index in [9.17, 15) is 4.79 Å². The maximum absolute atomic E-state index is 12.4. The van der Waals surface area contributed by atoms with Gasteiger partial charge in [0, 0.05) is 36.9 Å². The Kier molecular flexibility index (Phi) is 3.96. The summed E-state index contributed by atoms with van der Waals surface area (Å²) in [6.07, 6.45) is 3.32. The van der Waals surface area contributed by atoms with Gasteiger partial charge < -0.3 is 10.2 Å². The van der Waals surface area contributed by atoms with Crippen LogP contribution in [0.4, 0.5) is 5.82 Å². The van der Waals surface area contributed by atoms with Crippen LogP contribution in [-0.2, 0) is 12.8 Å². The number of nitrogens with zero attached hydrogens (tertiary/aromatic N) is 7. The van der Waals surface area contributed by atoms with Gasteiger partial charge in [-0.2, -0.15) is 10.1 Å². The number of nitrogens with one attached hydrogen (secondary N) is 1. The molecule has 0 unspecified atom stereocenters. The minimum absolute atomic E-state index is 0.155. The summed E-state index contributed by atoms with van der Waals surface area (Å²) in [6.45, 7) is 6.14. The van der Waals surface area contributed by atoms with E-state index < -0.39 is 0 Å². The molecule has 2 aliphatic rings. The summed E-state index contributed by atoms with van der Waals surface area (Å²) in [5.74, 6) is 1.67. The van der Waals surface area contributed by atoms with Crippen molar-refractivity contribution in [1.29, 1.82) is 0 Å². The van der Waals surface area contributed by atoms with E-state index in [0.29, 0.717) is 18.2 Å². The number of aryl methyl sites for hydroxylation is 4. The zero-order chi connectivity index (χ0) is 19.3. The Morgan fingerprint density at radius 3 is 2.89 bits per heavy atom. The van der Waals surface area contributed by atoms with Crippen LogP contribution in [0.2, 0.25) is 0 Å². The molecule has 0 saturated carbocycles. The molecular formula is C19H22N8O. The van der Waals surface area contributed by atoms with E-state index in [4.69, 9.17) is 0 Å². The Morgan fingerprint density at radius 1 is 1.18 bits per heavy atom. The van der Waals surface area contributed by atoms with Gasteiger partial charge in [0.05, 0.1) is 5.69 Å². The zero-order valence-corrected chi connectivity index (χ0v) is 16.0. The highest BCUT2D eigenvalue weighted by Gasteiger charge is 2.29. The van der Waals surface area contributed by atoms with Crippen molar-refractivity contribution in [1.82, 2.24) is 35.1 Å². The molecule has 0 aromatic carbocycles. The Balaban J connectivity index is 1.18. The minimum atomic E-state index is -0.265. The number of amides is 1. The molecule has 1 aliphatic carbocycles. The zero-order valence-electron chi connectivity index (χ0n) is 16.0. The van der Waals surface area contributed by atoms with Gasteiger partial charge in [-0.3, -0.25) is 4.79 Å². The Morgan fingerprint density at radius 2 is 2.04 bits per heavy atom. The smallest absolute Gasteiger partial charge is 0.291 e. The fourth-order valence-electron chi connectivity index (χ4n) is 3.94. The first kappa shape index (κ1) is 17.0. The van der Waals surface area contributed by atoms with Gasteiger partial charge in [-0.05, 0) is 50.8 Å². The highest BCUT2D eigenvalue weighted by molar-refractivity contribution is 5.90. The van der Waals surface area contributed by atoms with Crippen LogP contribution in [0.25, 0.3) is 5.78 Å². The summed E-state index contributed by atoms with van der Waals surface area (Å²) >= 11 is 0. The summed E-state index contributed by atoms with van der Waals surface area (Å²) < 4.78 is 1.60. The molecule has 0 atom stereocenters. The average Bonchev–Trinajstić information content (AvgIpc) is 3.26. The van der Waals surface area contributed by atoms with Gasteiger partial charge in [-0.15, -0.1) is 10.2 Å². The lowest BCUT2D eigenvalue weighted by Gasteiger charge is -2.40. The summed E-state index contributed by atoms with van der Waals surface area (Å²) in [6, 6.07) is 4.08. The van der Waals surface area contributed by atoms with E-state index in [1.54, 1.807) is 4.52 Å². The topological polar surface area (TPSA) is 101 Å². The van der Waals surface area contributed by atoms with E-state index >= 15 is 0 Å². The predicted molar refractivity (Wildman–Crippen MR) is 102 cm³/mol. The molecule has 1 amide bonds. The number of carbonyl (C=O) groups is 1. The van der Waals surface area contributed by atoms with Gasteiger partial charge in [0.2, 0.25) is 5.82 Å². The van der Waals surface area contributed by atoms with Crippen LogP contribution in [0, 0.1) is 19.8 Å². The van der Waals surface area contributed by atoms with Gasteiger partial charge >= 0.3 is 0 Å². The van der Waals surface area contributed by atoms with E-state index in [1.807, 2.05) is 19.9 Å². The van der Waals surface area contributed by atoms with Gasteiger partial charge in [-0.1, -0.05) is 0 Å². The molecule has 4 heterocycles. The molecule has 3 aromatic heterocycles. The fourth-order valence-corrected chi connectivity index (χ4v) is 3.94. The van der Waals surface area contributed by atoms with Gasteiger partial charge in [0.1, 0.15) is 0 Å². The van der Waals surface area contributed by atoms with E-state index in [1.165, 1.54) is 12.0 Å². The lowest BCUT2D eigenvalue weighted by molar-refractivity contribution is 0.0934. The molecule has 0 radical (unpaired) electrons. The van der Waals surface area contributed by atoms with Crippen molar-refractivity contribution in [2.24, 2.45) is 5.92 Å². The SMILES string of the molecule is Cc1cc(C)n2nc(C(=O)NCC3CN(c4cc5c(nn4)CCC5)C3)nc2n1. The summed E-state index contributed by atoms with van der Waals surface area (Å²) in [5, 5.41) is 15.9. The van der Waals surface area contributed by atoms with E-state index in [0.717, 1.165) is 48.8 Å². The number of anilines is 1. The molecule has 144 valence electrons. The van der Waals surface area contributed by atoms with Crippen molar-refractivity contribution in [3.05, 3.63) is 40.6 Å². The lowest BCUT2D eigenvalue weighted by atomic mass is 10.00. The largest absolute Gasteiger partial charge is 0.354 e. The van der Waals surface area contributed by atoms with Crippen molar-refractivity contribution in [3.8, 4) is 0 Å². The molecule has 1 aliphatic heterocycles. The van der Waals surface area contributed by atoms with Crippen molar-refractivity contribution in [2.75, 3.05) is 24.5 Å². The second kappa shape index (κ2) is 6.50. The van der Waals surface area contributed by atoms with Crippen LogP contribution in [0.1, 0.15) is 39.7 Å². The third kappa shape index (κ3) is 2.96. The molecule has 5 rings (SSSR count). The molecule has 28 heavy (non-hydrogen) atoms. The normalized spacial score (nSPS) is 16.3. The molecular weight excluding hydrogens is 356 g/mol. The summed E-state index contributed by atoms with van der Waals surface area (Å²) in [5.41, 5.74) is 4.24.